The Morgan fingerprint density at radius 2 is 2.38 bits per heavy atom. The highest BCUT2D eigenvalue weighted by molar-refractivity contribution is 5.65. The number of hydrogen-bond donors (Lipinski definition) is 1. The molecule has 0 aliphatic carbocycles. The van der Waals surface area contributed by atoms with Crippen LogP contribution in [0.5, 0.6) is 0 Å². The van der Waals surface area contributed by atoms with E-state index in [0.717, 1.165) is 12.8 Å². The van der Waals surface area contributed by atoms with E-state index in [-0.39, 0.29) is 0 Å². The van der Waals surface area contributed by atoms with Gasteiger partial charge >= 0.3 is 0 Å². The van der Waals surface area contributed by atoms with Crippen LogP contribution in [-0.4, -0.2) is 6.29 Å². The zero-order chi connectivity index (χ0) is 6.41. The zero-order valence-corrected chi connectivity index (χ0v) is 5.05. The van der Waals surface area contributed by atoms with E-state index >= 15 is 0 Å². The molecule has 0 amide bonds. The van der Waals surface area contributed by atoms with Gasteiger partial charge in [0.05, 0.1) is 0 Å². The fourth-order valence-electron chi connectivity index (χ4n) is 0.459. The third-order valence-electron chi connectivity index (χ3n) is 0.821. The lowest BCUT2D eigenvalue weighted by atomic mass is 10.2. The van der Waals surface area contributed by atoms with Crippen molar-refractivity contribution in [2.45, 2.75) is 19.8 Å². The van der Waals surface area contributed by atoms with Gasteiger partial charge in [-0.25, -0.2) is 0 Å². The molecule has 0 saturated carbocycles. The Morgan fingerprint density at radius 1 is 1.75 bits per heavy atom. The van der Waals surface area contributed by atoms with Crippen LogP contribution in [0.25, 0.3) is 0 Å². The number of nitrogens with two attached hydrogens (primary N) is 1. The molecular weight excluding hydrogens is 102 g/mol. The summed E-state index contributed by atoms with van der Waals surface area (Å²) >= 11 is 0. The van der Waals surface area contributed by atoms with Crippen LogP contribution in [-0.2, 0) is 4.79 Å². The third kappa shape index (κ3) is 3.40. The summed E-state index contributed by atoms with van der Waals surface area (Å²) in [5, 5.41) is 0. The number of hydrogen-bond acceptors (Lipinski definition) is 2. The molecule has 2 nitrogen and oxygen atoms in total. The highest BCUT2D eigenvalue weighted by Crippen LogP contribution is 1.93. The van der Waals surface area contributed by atoms with Gasteiger partial charge in [-0.2, -0.15) is 0 Å². The van der Waals surface area contributed by atoms with Gasteiger partial charge in [0.2, 0.25) is 0 Å². The summed E-state index contributed by atoms with van der Waals surface area (Å²) in [6.45, 7) is 2.02. The lowest BCUT2D eigenvalue weighted by Crippen LogP contribution is -1.95. The summed E-state index contributed by atoms with van der Waals surface area (Å²) in [5.74, 6) is 0. The second kappa shape index (κ2) is 4.37. The van der Waals surface area contributed by atoms with Gasteiger partial charge in [0.15, 0.2) is 0 Å². The minimum Gasteiger partial charge on any atom is -0.402 e. The summed E-state index contributed by atoms with van der Waals surface area (Å²) in [6, 6.07) is 0. The summed E-state index contributed by atoms with van der Waals surface area (Å²) in [4.78, 5) is 9.73. The van der Waals surface area contributed by atoms with E-state index < -0.39 is 0 Å². The molecule has 0 bridgehead atoms. The molecule has 0 atom stereocenters. The van der Waals surface area contributed by atoms with Crippen molar-refractivity contribution in [3.63, 3.8) is 0 Å². The van der Waals surface area contributed by atoms with Gasteiger partial charge < -0.3 is 5.73 Å². The molecule has 0 aliphatic heterocycles. The predicted octanol–water partition coefficient (Wildman–Crippen LogP) is 0.828. The summed E-state index contributed by atoms with van der Waals surface area (Å²) in [5.41, 5.74) is 5.99. The van der Waals surface area contributed by atoms with E-state index in [1.54, 1.807) is 0 Å². The highest BCUT2D eigenvalue weighted by atomic mass is 16.1. The van der Waals surface area contributed by atoms with Crippen molar-refractivity contribution < 1.29 is 4.79 Å². The fraction of sp³-hybridized carbons (Fsp3) is 0.500. The van der Waals surface area contributed by atoms with Crippen molar-refractivity contribution in [2.24, 2.45) is 5.73 Å². The topological polar surface area (TPSA) is 43.1 Å². The van der Waals surface area contributed by atoms with Crippen molar-refractivity contribution in [3.05, 3.63) is 11.8 Å². The van der Waals surface area contributed by atoms with Gasteiger partial charge in [-0.15, -0.1) is 0 Å². The van der Waals surface area contributed by atoms with E-state index in [2.05, 4.69) is 0 Å². The first kappa shape index (κ1) is 7.21. The molecule has 0 heterocycles. The minimum atomic E-state index is 0.669. The molecule has 46 valence electrons. The van der Waals surface area contributed by atoms with Gasteiger partial charge in [-0.05, 0) is 12.5 Å². The Labute approximate surface area is 49.4 Å². The smallest absolute Gasteiger partial charge is 0.144 e. The molecule has 0 aromatic rings. The maximum atomic E-state index is 9.73. The molecule has 0 rings (SSSR count). The first-order valence-electron chi connectivity index (χ1n) is 2.71. The average molecular weight is 113 g/mol. The normalized spacial score (nSPS) is 11.4. The number of aldehydes is 1. The van der Waals surface area contributed by atoms with Crippen LogP contribution in [0.3, 0.4) is 0 Å². The summed E-state index contributed by atoms with van der Waals surface area (Å²) < 4.78 is 0. The van der Waals surface area contributed by atoms with Gasteiger partial charge in [-0.3, -0.25) is 4.79 Å². The molecular formula is C6H11NO. The molecule has 0 spiro atoms. The maximum Gasteiger partial charge on any atom is 0.144 e. The molecule has 0 aromatic carbocycles. The Morgan fingerprint density at radius 3 is 2.75 bits per heavy atom. The fourth-order valence-corrected chi connectivity index (χ4v) is 0.459. The van der Waals surface area contributed by atoms with Crippen molar-refractivity contribution in [3.8, 4) is 0 Å². The van der Waals surface area contributed by atoms with Gasteiger partial charge in [0, 0.05) is 5.70 Å². The largest absolute Gasteiger partial charge is 0.402 e. The van der Waals surface area contributed by atoms with E-state index in [0.29, 0.717) is 12.0 Å². The summed E-state index contributed by atoms with van der Waals surface area (Å²) in [7, 11) is 0. The third-order valence-corrected chi connectivity index (χ3v) is 0.821. The Kier molecular flexibility index (Phi) is 3.94. The van der Waals surface area contributed by atoms with Crippen LogP contribution >= 0.6 is 0 Å². The van der Waals surface area contributed by atoms with Crippen molar-refractivity contribution in [1.29, 1.82) is 0 Å². The minimum absolute atomic E-state index is 0.669. The summed E-state index contributed by atoms with van der Waals surface area (Å²) in [6.07, 6.45) is 3.92. The highest BCUT2D eigenvalue weighted by Gasteiger charge is 1.82. The molecule has 8 heavy (non-hydrogen) atoms. The van der Waals surface area contributed by atoms with Crippen LogP contribution in [0.4, 0.5) is 0 Å². The molecule has 0 radical (unpaired) electrons. The number of carbonyl (C=O) groups is 1. The van der Waals surface area contributed by atoms with Crippen LogP contribution in [0.15, 0.2) is 11.8 Å². The second-order valence-electron chi connectivity index (χ2n) is 1.63. The standard InChI is InChI=1S/C6H11NO/c1-2-3-6(7)4-5-8/h4-5H,2-3,7H2,1H3/b6-4-. The Bertz CT molecular complexity index is 96.7. The monoisotopic (exact) mass is 113 g/mol. The second-order valence-corrected chi connectivity index (χ2v) is 1.63. The quantitative estimate of drug-likeness (QED) is 0.435. The van der Waals surface area contributed by atoms with Crippen molar-refractivity contribution >= 4 is 6.29 Å². The van der Waals surface area contributed by atoms with Crippen LogP contribution < -0.4 is 5.73 Å². The molecule has 2 heteroatoms. The first-order chi connectivity index (χ1) is 3.81. The van der Waals surface area contributed by atoms with E-state index in [4.69, 9.17) is 5.73 Å². The first-order valence-corrected chi connectivity index (χ1v) is 2.71. The Hall–Kier alpha value is -0.790. The van der Waals surface area contributed by atoms with Crippen molar-refractivity contribution in [1.82, 2.24) is 0 Å². The molecule has 0 aromatic heterocycles. The van der Waals surface area contributed by atoms with Gasteiger partial charge in [0.1, 0.15) is 6.29 Å². The number of allylic oxidation sites excluding steroid dienone is 2. The van der Waals surface area contributed by atoms with Crippen LogP contribution in [0.1, 0.15) is 19.8 Å². The lowest BCUT2D eigenvalue weighted by Gasteiger charge is -1.91. The van der Waals surface area contributed by atoms with E-state index in [1.807, 2.05) is 6.92 Å². The molecule has 0 aliphatic rings. The van der Waals surface area contributed by atoms with Crippen molar-refractivity contribution in [2.75, 3.05) is 0 Å². The molecule has 0 fully saturated rings. The average Bonchev–Trinajstić information content (AvgIpc) is 1.68. The number of carbonyl (C=O) groups excluding carboxylic acids is 1. The molecule has 0 unspecified atom stereocenters. The SMILES string of the molecule is CCC/C(N)=C/C=O. The van der Waals surface area contributed by atoms with Crippen LogP contribution in [0.2, 0.25) is 0 Å². The van der Waals surface area contributed by atoms with Gasteiger partial charge in [-0.1, -0.05) is 13.3 Å². The van der Waals surface area contributed by atoms with Gasteiger partial charge in [0.25, 0.3) is 0 Å². The lowest BCUT2D eigenvalue weighted by molar-refractivity contribution is -0.104. The zero-order valence-electron chi connectivity index (χ0n) is 5.05. The van der Waals surface area contributed by atoms with E-state index in [1.165, 1.54) is 6.08 Å². The Balaban J connectivity index is 3.44. The van der Waals surface area contributed by atoms with Crippen LogP contribution in [0, 0.1) is 0 Å². The molecule has 0 saturated heterocycles. The predicted molar refractivity (Wildman–Crippen MR) is 33.2 cm³/mol. The molecule has 2 N–H and O–H groups in total. The maximum absolute atomic E-state index is 9.73. The number of rotatable bonds is 3. The van der Waals surface area contributed by atoms with E-state index in [9.17, 15) is 4.79 Å².